The van der Waals surface area contributed by atoms with Crippen LogP contribution in [0.5, 0.6) is 5.75 Å². The minimum Gasteiger partial charge on any atom is -0.486 e. The molecule has 2 aromatic carbocycles. The highest BCUT2D eigenvalue weighted by molar-refractivity contribution is 6.31. The third-order valence-electron chi connectivity index (χ3n) is 5.06. The first-order valence-electron chi connectivity index (χ1n) is 10.1. The molecule has 0 atom stereocenters. The number of aromatic nitrogens is 1. The zero-order valence-corrected chi connectivity index (χ0v) is 17.5. The average Bonchev–Trinajstić information content (AvgIpc) is 3.45. The Balaban J connectivity index is 1.28. The van der Waals surface area contributed by atoms with Gasteiger partial charge in [0.1, 0.15) is 12.4 Å². The Morgan fingerprint density at radius 3 is 2.58 bits per heavy atom. The van der Waals surface area contributed by atoms with Gasteiger partial charge in [-0.05, 0) is 55.3 Å². The molecule has 2 N–H and O–H groups in total. The lowest BCUT2D eigenvalue weighted by Crippen LogP contribution is -2.32. The van der Waals surface area contributed by atoms with Crippen molar-refractivity contribution in [2.75, 3.05) is 5.32 Å². The molecule has 0 saturated heterocycles. The Morgan fingerprint density at radius 1 is 1.06 bits per heavy atom. The van der Waals surface area contributed by atoms with E-state index in [0.717, 1.165) is 25.7 Å². The molecule has 4 rings (SSSR count). The van der Waals surface area contributed by atoms with Crippen LogP contribution >= 0.6 is 11.6 Å². The molecule has 1 aliphatic carbocycles. The zero-order valence-electron chi connectivity index (χ0n) is 16.8. The number of hydrogen-bond acceptors (Lipinski definition) is 5. The molecule has 3 aromatic rings. The third kappa shape index (κ3) is 5.64. The number of rotatable bonds is 7. The van der Waals surface area contributed by atoms with Gasteiger partial charge in [-0.25, -0.2) is 0 Å². The maximum absolute atomic E-state index is 12.3. The number of nitrogens with zero attached hydrogens (tertiary/aromatic N) is 1. The molecular formula is C23H22ClN3O4. The first kappa shape index (κ1) is 20.9. The normalized spacial score (nSPS) is 13.7. The number of amides is 2. The number of halogens is 1. The first-order chi connectivity index (χ1) is 15.1. The molecule has 160 valence electrons. The summed E-state index contributed by atoms with van der Waals surface area (Å²) in [5.41, 5.74) is 1.36. The van der Waals surface area contributed by atoms with E-state index in [1.54, 1.807) is 54.6 Å². The second-order valence-corrected chi connectivity index (χ2v) is 7.85. The molecule has 0 aliphatic heterocycles. The van der Waals surface area contributed by atoms with Crippen molar-refractivity contribution in [1.29, 1.82) is 0 Å². The number of anilines is 1. The second kappa shape index (κ2) is 9.66. The monoisotopic (exact) mass is 439 g/mol. The van der Waals surface area contributed by atoms with E-state index in [-0.39, 0.29) is 30.2 Å². The quantitative estimate of drug-likeness (QED) is 0.549. The first-order valence-corrected chi connectivity index (χ1v) is 10.5. The van der Waals surface area contributed by atoms with Crippen molar-refractivity contribution in [2.24, 2.45) is 0 Å². The summed E-state index contributed by atoms with van der Waals surface area (Å²) in [5, 5.41) is 10.1. The highest BCUT2D eigenvalue weighted by Gasteiger charge is 2.20. The van der Waals surface area contributed by atoms with Crippen molar-refractivity contribution in [3.8, 4) is 5.75 Å². The molecule has 0 unspecified atom stereocenters. The summed E-state index contributed by atoms with van der Waals surface area (Å²) in [6, 6.07) is 15.5. The SMILES string of the molecule is O=C(Nc1ccc(OCc2cc(C(=O)NC3CCCC3)no2)cc1)c1cccc(Cl)c1. The van der Waals surface area contributed by atoms with E-state index in [1.165, 1.54) is 0 Å². The number of carbonyl (C=O) groups excluding carboxylic acids is 2. The van der Waals surface area contributed by atoms with Gasteiger partial charge in [0.25, 0.3) is 11.8 Å². The zero-order chi connectivity index (χ0) is 21.6. The Bertz CT molecular complexity index is 1060. The van der Waals surface area contributed by atoms with Crippen molar-refractivity contribution in [1.82, 2.24) is 10.5 Å². The standard InChI is InChI=1S/C23H22ClN3O4/c24-16-5-3-4-15(12-16)22(28)25-18-8-10-19(11-9-18)30-14-20-13-21(27-31-20)23(29)26-17-6-1-2-7-17/h3-5,8-13,17H,1-2,6-7,14H2,(H,25,28)(H,26,29). The van der Waals surface area contributed by atoms with Crippen LogP contribution in [0.2, 0.25) is 5.02 Å². The van der Waals surface area contributed by atoms with E-state index in [0.29, 0.717) is 27.8 Å². The van der Waals surface area contributed by atoms with E-state index in [1.807, 2.05) is 0 Å². The van der Waals surface area contributed by atoms with Gasteiger partial charge in [0.2, 0.25) is 0 Å². The lowest BCUT2D eigenvalue weighted by molar-refractivity contribution is 0.0927. The number of nitrogens with one attached hydrogen (secondary N) is 2. The summed E-state index contributed by atoms with van der Waals surface area (Å²) in [7, 11) is 0. The topological polar surface area (TPSA) is 93.5 Å². The molecule has 0 spiro atoms. The molecular weight excluding hydrogens is 418 g/mol. The van der Waals surface area contributed by atoms with Crippen molar-refractivity contribution < 1.29 is 18.8 Å². The van der Waals surface area contributed by atoms with Gasteiger partial charge in [-0.1, -0.05) is 35.7 Å². The molecule has 31 heavy (non-hydrogen) atoms. The Hall–Kier alpha value is -3.32. The molecule has 8 heteroatoms. The number of ether oxygens (including phenoxy) is 1. The van der Waals surface area contributed by atoms with Crippen LogP contribution in [-0.4, -0.2) is 23.0 Å². The minimum absolute atomic E-state index is 0.137. The maximum atomic E-state index is 12.3. The molecule has 1 heterocycles. The predicted molar refractivity (Wildman–Crippen MR) is 116 cm³/mol. The average molecular weight is 440 g/mol. The lowest BCUT2D eigenvalue weighted by Gasteiger charge is -2.09. The van der Waals surface area contributed by atoms with Gasteiger partial charge in [0, 0.05) is 28.4 Å². The van der Waals surface area contributed by atoms with Crippen molar-refractivity contribution >= 4 is 29.1 Å². The van der Waals surface area contributed by atoms with Gasteiger partial charge in [0.15, 0.2) is 11.5 Å². The van der Waals surface area contributed by atoms with Gasteiger partial charge in [0.05, 0.1) is 0 Å². The summed E-state index contributed by atoms with van der Waals surface area (Å²) in [5.74, 6) is 0.576. The van der Waals surface area contributed by atoms with Crippen LogP contribution in [0.3, 0.4) is 0 Å². The van der Waals surface area contributed by atoms with Crippen LogP contribution in [0.15, 0.2) is 59.1 Å². The van der Waals surface area contributed by atoms with E-state index in [2.05, 4.69) is 15.8 Å². The molecule has 0 bridgehead atoms. The highest BCUT2D eigenvalue weighted by Crippen LogP contribution is 2.20. The van der Waals surface area contributed by atoms with Gasteiger partial charge in [-0.2, -0.15) is 0 Å². The molecule has 1 fully saturated rings. The predicted octanol–water partition coefficient (Wildman–Crippen LogP) is 4.83. The largest absolute Gasteiger partial charge is 0.486 e. The van der Waals surface area contributed by atoms with E-state index in [4.69, 9.17) is 20.9 Å². The highest BCUT2D eigenvalue weighted by atomic mass is 35.5. The fraction of sp³-hybridized carbons (Fsp3) is 0.261. The van der Waals surface area contributed by atoms with Gasteiger partial charge < -0.3 is 19.9 Å². The van der Waals surface area contributed by atoms with Gasteiger partial charge in [-0.3, -0.25) is 9.59 Å². The Labute approximate surface area is 184 Å². The third-order valence-corrected chi connectivity index (χ3v) is 5.30. The number of benzene rings is 2. The van der Waals surface area contributed by atoms with Gasteiger partial charge >= 0.3 is 0 Å². The van der Waals surface area contributed by atoms with Crippen LogP contribution in [0.25, 0.3) is 0 Å². The van der Waals surface area contributed by atoms with Gasteiger partial charge in [-0.15, -0.1) is 0 Å². The Morgan fingerprint density at radius 2 is 1.84 bits per heavy atom. The van der Waals surface area contributed by atoms with E-state index >= 15 is 0 Å². The van der Waals surface area contributed by atoms with Crippen molar-refractivity contribution in [3.63, 3.8) is 0 Å². The molecule has 1 saturated carbocycles. The van der Waals surface area contributed by atoms with Crippen LogP contribution in [0.4, 0.5) is 5.69 Å². The molecule has 1 aliphatic rings. The fourth-order valence-electron chi connectivity index (χ4n) is 3.44. The van der Waals surface area contributed by atoms with Crippen LogP contribution in [-0.2, 0) is 6.61 Å². The van der Waals surface area contributed by atoms with E-state index < -0.39 is 0 Å². The molecule has 2 amide bonds. The van der Waals surface area contributed by atoms with E-state index in [9.17, 15) is 9.59 Å². The summed E-state index contributed by atoms with van der Waals surface area (Å²) in [4.78, 5) is 24.5. The molecule has 7 nitrogen and oxygen atoms in total. The second-order valence-electron chi connectivity index (χ2n) is 7.41. The summed E-state index contributed by atoms with van der Waals surface area (Å²) >= 11 is 5.92. The number of carbonyl (C=O) groups is 2. The van der Waals surface area contributed by atoms with Crippen molar-refractivity contribution in [2.45, 2.75) is 38.3 Å². The Kier molecular flexibility index (Phi) is 6.52. The minimum atomic E-state index is -0.249. The molecule has 0 radical (unpaired) electrons. The lowest BCUT2D eigenvalue weighted by atomic mass is 10.2. The smallest absolute Gasteiger partial charge is 0.273 e. The summed E-state index contributed by atoms with van der Waals surface area (Å²) in [6.45, 7) is 0.137. The fourth-order valence-corrected chi connectivity index (χ4v) is 3.63. The van der Waals surface area contributed by atoms with Crippen LogP contribution in [0.1, 0.15) is 52.3 Å². The van der Waals surface area contributed by atoms with Crippen LogP contribution < -0.4 is 15.4 Å². The maximum Gasteiger partial charge on any atom is 0.273 e. The molecule has 1 aromatic heterocycles. The van der Waals surface area contributed by atoms with Crippen molar-refractivity contribution in [3.05, 3.63) is 76.6 Å². The van der Waals surface area contributed by atoms with Crippen LogP contribution in [0, 0.1) is 0 Å². The summed E-state index contributed by atoms with van der Waals surface area (Å²) in [6.07, 6.45) is 4.31. The number of hydrogen-bond donors (Lipinski definition) is 2. The summed E-state index contributed by atoms with van der Waals surface area (Å²) < 4.78 is 10.9.